The highest BCUT2D eigenvalue weighted by Crippen LogP contribution is 2.40. The van der Waals surface area contributed by atoms with Gasteiger partial charge in [0, 0.05) is 43.3 Å². The van der Waals surface area contributed by atoms with Crippen LogP contribution in [0.4, 0.5) is 5.69 Å². The van der Waals surface area contributed by atoms with Gasteiger partial charge in [0.1, 0.15) is 11.5 Å². The highest BCUT2D eigenvalue weighted by Gasteiger charge is 2.46. The molecule has 1 aliphatic rings. The standard InChI is InChI=1S/C29H31N3O4/c1-4-31(5-2)23-13-9-21(10-14-23)26-25(27(33)22-11-15-24(16-12-22)36-6-3)28(34)29(35)32(26)19-20-8-7-17-30-18-20/h7-18,26,33H,4-6,19H2,1-3H3/b27-25-. The topological polar surface area (TPSA) is 83.0 Å². The molecule has 186 valence electrons. The average Bonchev–Trinajstić information content (AvgIpc) is 3.15. The summed E-state index contributed by atoms with van der Waals surface area (Å²) in [6.45, 7) is 8.53. The molecular formula is C29H31N3O4. The second-order valence-electron chi connectivity index (χ2n) is 8.51. The number of aliphatic hydroxyl groups excluding tert-OH is 1. The van der Waals surface area contributed by atoms with Gasteiger partial charge in [-0.2, -0.15) is 0 Å². The van der Waals surface area contributed by atoms with Crippen LogP contribution in [0.15, 0.2) is 78.6 Å². The maximum absolute atomic E-state index is 13.3. The number of benzene rings is 2. The maximum atomic E-state index is 13.3. The number of ether oxygens (including phenoxy) is 1. The van der Waals surface area contributed by atoms with E-state index in [1.54, 1.807) is 42.7 Å². The second kappa shape index (κ2) is 11.1. The van der Waals surface area contributed by atoms with Crippen molar-refractivity contribution in [3.05, 3.63) is 95.3 Å². The lowest BCUT2D eigenvalue weighted by Crippen LogP contribution is -2.29. The quantitative estimate of drug-likeness (QED) is 0.262. The number of pyridine rings is 1. The van der Waals surface area contributed by atoms with Gasteiger partial charge in [-0.05, 0) is 74.4 Å². The minimum Gasteiger partial charge on any atom is -0.507 e. The molecule has 1 amide bonds. The van der Waals surface area contributed by atoms with Crippen LogP contribution in [-0.4, -0.2) is 46.4 Å². The molecule has 1 fully saturated rings. The van der Waals surface area contributed by atoms with Crippen LogP contribution in [-0.2, 0) is 16.1 Å². The average molecular weight is 486 g/mol. The van der Waals surface area contributed by atoms with Crippen LogP contribution in [0, 0.1) is 0 Å². The summed E-state index contributed by atoms with van der Waals surface area (Å²) < 4.78 is 5.49. The van der Waals surface area contributed by atoms with Crippen molar-refractivity contribution < 1.29 is 19.4 Å². The number of anilines is 1. The van der Waals surface area contributed by atoms with Crippen molar-refractivity contribution in [1.82, 2.24) is 9.88 Å². The molecular weight excluding hydrogens is 454 g/mol. The molecule has 0 aliphatic carbocycles. The van der Waals surface area contributed by atoms with E-state index in [0.717, 1.165) is 29.9 Å². The number of amides is 1. The number of aromatic nitrogens is 1. The fourth-order valence-electron chi connectivity index (χ4n) is 4.57. The van der Waals surface area contributed by atoms with E-state index in [4.69, 9.17) is 4.74 Å². The van der Waals surface area contributed by atoms with Crippen LogP contribution in [0.2, 0.25) is 0 Å². The molecule has 1 saturated heterocycles. The van der Waals surface area contributed by atoms with Crippen LogP contribution in [0.25, 0.3) is 5.76 Å². The van der Waals surface area contributed by atoms with Gasteiger partial charge in [-0.1, -0.05) is 18.2 Å². The number of rotatable bonds is 9. The van der Waals surface area contributed by atoms with E-state index in [2.05, 4.69) is 23.7 Å². The Kier molecular flexibility index (Phi) is 7.68. The maximum Gasteiger partial charge on any atom is 0.295 e. The number of hydrogen-bond acceptors (Lipinski definition) is 6. The molecule has 3 aromatic rings. The van der Waals surface area contributed by atoms with Crippen molar-refractivity contribution in [2.75, 3.05) is 24.6 Å². The molecule has 4 rings (SSSR count). The van der Waals surface area contributed by atoms with Gasteiger partial charge < -0.3 is 19.6 Å². The number of nitrogens with zero attached hydrogens (tertiary/aromatic N) is 3. The van der Waals surface area contributed by atoms with E-state index >= 15 is 0 Å². The second-order valence-corrected chi connectivity index (χ2v) is 8.51. The lowest BCUT2D eigenvalue weighted by molar-refractivity contribution is -0.140. The van der Waals surface area contributed by atoms with Crippen molar-refractivity contribution >= 4 is 23.1 Å². The third-order valence-electron chi connectivity index (χ3n) is 6.39. The molecule has 0 radical (unpaired) electrons. The van der Waals surface area contributed by atoms with E-state index in [9.17, 15) is 14.7 Å². The summed E-state index contributed by atoms with van der Waals surface area (Å²) in [5.74, 6) is -0.898. The van der Waals surface area contributed by atoms with Gasteiger partial charge in [-0.3, -0.25) is 14.6 Å². The van der Waals surface area contributed by atoms with Crippen LogP contribution in [0.3, 0.4) is 0 Å². The number of likely N-dealkylation sites (tertiary alicyclic amines) is 1. The third-order valence-corrected chi connectivity index (χ3v) is 6.39. The fraction of sp³-hybridized carbons (Fsp3) is 0.276. The fourth-order valence-corrected chi connectivity index (χ4v) is 4.57. The summed E-state index contributed by atoms with van der Waals surface area (Å²) in [5.41, 5.74) is 3.12. The van der Waals surface area contributed by atoms with Gasteiger partial charge in [0.25, 0.3) is 11.7 Å². The van der Waals surface area contributed by atoms with Crippen LogP contribution < -0.4 is 9.64 Å². The van der Waals surface area contributed by atoms with Crippen molar-refractivity contribution in [3.8, 4) is 5.75 Å². The number of aliphatic hydroxyl groups is 1. The van der Waals surface area contributed by atoms with E-state index < -0.39 is 17.7 Å². The highest BCUT2D eigenvalue weighted by atomic mass is 16.5. The summed E-state index contributed by atoms with van der Waals surface area (Å²) in [6.07, 6.45) is 3.33. The molecule has 36 heavy (non-hydrogen) atoms. The Bertz CT molecular complexity index is 1230. The number of carbonyl (C=O) groups excluding carboxylic acids is 2. The molecule has 2 aromatic carbocycles. The Labute approximate surface area is 211 Å². The third kappa shape index (κ3) is 4.96. The summed E-state index contributed by atoms with van der Waals surface area (Å²) in [4.78, 5) is 34.4. The Morgan fingerprint density at radius 2 is 1.69 bits per heavy atom. The predicted octanol–water partition coefficient (Wildman–Crippen LogP) is 4.95. The van der Waals surface area contributed by atoms with E-state index in [1.807, 2.05) is 37.3 Å². The zero-order chi connectivity index (χ0) is 25.7. The SMILES string of the molecule is CCOc1ccc(/C(O)=C2/C(=O)C(=O)N(Cc3cccnc3)C2c2ccc(N(CC)CC)cc2)cc1. The van der Waals surface area contributed by atoms with Gasteiger partial charge in [-0.15, -0.1) is 0 Å². The smallest absolute Gasteiger partial charge is 0.295 e. The van der Waals surface area contributed by atoms with Gasteiger partial charge >= 0.3 is 0 Å². The van der Waals surface area contributed by atoms with Crippen LogP contribution >= 0.6 is 0 Å². The van der Waals surface area contributed by atoms with E-state index in [1.165, 1.54) is 4.90 Å². The van der Waals surface area contributed by atoms with Crippen molar-refractivity contribution in [2.24, 2.45) is 0 Å². The summed E-state index contributed by atoms with van der Waals surface area (Å²) in [7, 11) is 0. The number of ketones is 1. The van der Waals surface area contributed by atoms with Crippen LogP contribution in [0.1, 0.15) is 43.5 Å². The first-order valence-corrected chi connectivity index (χ1v) is 12.2. The normalized spacial score (nSPS) is 16.9. The molecule has 1 atom stereocenters. The Balaban J connectivity index is 1.80. The minimum absolute atomic E-state index is 0.0728. The molecule has 7 heteroatoms. The minimum atomic E-state index is -0.734. The largest absolute Gasteiger partial charge is 0.507 e. The van der Waals surface area contributed by atoms with Crippen molar-refractivity contribution in [3.63, 3.8) is 0 Å². The Morgan fingerprint density at radius 3 is 2.28 bits per heavy atom. The number of carbonyl (C=O) groups is 2. The summed E-state index contributed by atoms with van der Waals surface area (Å²) in [5, 5.41) is 11.3. The lowest BCUT2D eigenvalue weighted by atomic mass is 9.95. The Morgan fingerprint density at radius 1 is 1.00 bits per heavy atom. The van der Waals surface area contributed by atoms with E-state index in [0.29, 0.717) is 17.9 Å². The first kappa shape index (κ1) is 25.0. The molecule has 0 saturated carbocycles. The van der Waals surface area contributed by atoms with Gasteiger partial charge in [0.15, 0.2) is 0 Å². The van der Waals surface area contributed by atoms with Gasteiger partial charge in [-0.25, -0.2) is 0 Å². The summed E-state index contributed by atoms with van der Waals surface area (Å²) in [6, 6.07) is 17.6. The highest BCUT2D eigenvalue weighted by molar-refractivity contribution is 6.46. The van der Waals surface area contributed by atoms with E-state index in [-0.39, 0.29) is 17.9 Å². The molecule has 1 unspecified atom stereocenters. The molecule has 2 heterocycles. The lowest BCUT2D eigenvalue weighted by Gasteiger charge is -2.26. The predicted molar refractivity (Wildman–Crippen MR) is 140 cm³/mol. The molecule has 0 spiro atoms. The Hall–Kier alpha value is -4.13. The zero-order valence-electron chi connectivity index (χ0n) is 20.8. The number of Topliss-reactive ketones (excluding diaryl/α,β-unsaturated/α-hetero) is 1. The van der Waals surface area contributed by atoms with Crippen LogP contribution in [0.5, 0.6) is 5.75 Å². The molecule has 0 bridgehead atoms. The molecule has 1 aliphatic heterocycles. The van der Waals surface area contributed by atoms with Crippen molar-refractivity contribution in [1.29, 1.82) is 0 Å². The van der Waals surface area contributed by atoms with Gasteiger partial charge in [0.2, 0.25) is 0 Å². The zero-order valence-corrected chi connectivity index (χ0v) is 20.8. The molecule has 1 N–H and O–H groups in total. The molecule has 7 nitrogen and oxygen atoms in total. The monoisotopic (exact) mass is 485 g/mol. The molecule has 1 aromatic heterocycles. The summed E-state index contributed by atoms with van der Waals surface area (Å²) >= 11 is 0. The van der Waals surface area contributed by atoms with Gasteiger partial charge in [0.05, 0.1) is 18.2 Å². The van der Waals surface area contributed by atoms with Crippen molar-refractivity contribution in [2.45, 2.75) is 33.4 Å². The first-order chi connectivity index (χ1) is 17.5. The first-order valence-electron chi connectivity index (χ1n) is 12.2. The number of hydrogen-bond donors (Lipinski definition) is 1.